The number of aromatic nitrogens is 2. The zero-order chi connectivity index (χ0) is 18.0. The highest BCUT2D eigenvalue weighted by Gasteiger charge is 2.13. The molecule has 1 aliphatic rings. The van der Waals surface area contributed by atoms with E-state index in [4.69, 9.17) is 4.74 Å². The summed E-state index contributed by atoms with van der Waals surface area (Å²) in [4.78, 5) is 20.8. The lowest BCUT2D eigenvalue weighted by Gasteiger charge is -2.22. The van der Waals surface area contributed by atoms with Gasteiger partial charge in [0, 0.05) is 44.4 Å². The first-order valence-corrected chi connectivity index (χ1v) is 9.27. The Balaban J connectivity index is 1.37. The molecule has 0 aliphatic carbocycles. The van der Waals surface area contributed by atoms with Crippen molar-refractivity contribution < 1.29 is 9.53 Å². The van der Waals surface area contributed by atoms with Gasteiger partial charge < -0.3 is 15.4 Å². The van der Waals surface area contributed by atoms with E-state index in [1.807, 2.05) is 30.3 Å². The average Bonchev–Trinajstić information content (AvgIpc) is 2.71. The van der Waals surface area contributed by atoms with Gasteiger partial charge in [-0.15, -0.1) is 0 Å². The van der Waals surface area contributed by atoms with Crippen LogP contribution in [0.1, 0.15) is 35.3 Å². The Bertz CT molecular complexity index is 670. The molecule has 0 atom stereocenters. The quantitative estimate of drug-likeness (QED) is 0.713. The fourth-order valence-corrected chi connectivity index (χ4v) is 2.95. The molecule has 0 bridgehead atoms. The van der Waals surface area contributed by atoms with E-state index in [1.165, 1.54) is 0 Å². The molecule has 0 saturated carbocycles. The molecule has 1 fully saturated rings. The lowest BCUT2D eigenvalue weighted by atomic mass is 10.0. The Hall–Kier alpha value is -2.47. The second kappa shape index (κ2) is 9.87. The highest BCUT2D eigenvalue weighted by Crippen LogP contribution is 2.15. The van der Waals surface area contributed by atoms with Gasteiger partial charge in [-0.3, -0.25) is 9.78 Å². The summed E-state index contributed by atoms with van der Waals surface area (Å²) in [6, 6.07) is 9.55. The predicted octanol–water partition coefficient (Wildman–Crippen LogP) is 2.68. The van der Waals surface area contributed by atoms with Gasteiger partial charge in [0.15, 0.2) is 0 Å². The van der Waals surface area contributed by atoms with Gasteiger partial charge in [0.1, 0.15) is 5.82 Å². The van der Waals surface area contributed by atoms with Gasteiger partial charge in [-0.1, -0.05) is 6.07 Å². The van der Waals surface area contributed by atoms with Crippen molar-refractivity contribution in [3.63, 3.8) is 0 Å². The van der Waals surface area contributed by atoms with E-state index >= 15 is 0 Å². The summed E-state index contributed by atoms with van der Waals surface area (Å²) in [7, 11) is 0. The molecule has 26 heavy (non-hydrogen) atoms. The monoisotopic (exact) mass is 354 g/mol. The molecule has 6 heteroatoms. The lowest BCUT2D eigenvalue weighted by Crippen LogP contribution is -2.25. The smallest absolute Gasteiger partial charge is 0.252 e. The van der Waals surface area contributed by atoms with Crippen molar-refractivity contribution in [3.8, 4) is 0 Å². The molecule has 2 aromatic rings. The highest BCUT2D eigenvalue weighted by atomic mass is 16.5. The first-order chi connectivity index (χ1) is 12.8. The van der Waals surface area contributed by atoms with Crippen molar-refractivity contribution >= 4 is 11.7 Å². The third-order valence-electron chi connectivity index (χ3n) is 4.56. The van der Waals surface area contributed by atoms with E-state index in [9.17, 15) is 4.79 Å². The van der Waals surface area contributed by atoms with Crippen LogP contribution in [-0.2, 0) is 11.2 Å². The maximum Gasteiger partial charge on any atom is 0.252 e. The molecule has 1 saturated heterocycles. The molecule has 0 radical (unpaired) electrons. The number of carbonyl (C=O) groups is 1. The van der Waals surface area contributed by atoms with E-state index in [1.54, 1.807) is 12.4 Å². The van der Waals surface area contributed by atoms with Crippen molar-refractivity contribution in [2.24, 2.45) is 5.92 Å². The Morgan fingerprint density at radius 1 is 1.15 bits per heavy atom. The van der Waals surface area contributed by atoms with Crippen LogP contribution in [0, 0.1) is 5.92 Å². The molecule has 3 rings (SSSR count). The maximum absolute atomic E-state index is 12.2. The standard InChI is InChI=1S/C20H26N4O2/c25-20(22-11-3-5-18-4-1-2-10-21-18)17-6-7-19(24-15-17)23-14-16-8-12-26-13-9-16/h1-2,4,6-7,10,15-16H,3,5,8-9,11-14H2,(H,22,25)(H,23,24). The van der Waals surface area contributed by atoms with Gasteiger partial charge >= 0.3 is 0 Å². The summed E-state index contributed by atoms with van der Waals surface area (Å²) in [6.45, 7) is 3.22. The summed E-state index contributed by atoms with van der Waals surface area (Å²) in [6.07, 6.45) is 7.31. The summed E-state index contributed by atoms with van der Waals surface area (Å²) in [5.41, 5.74) is 1.63. The van der Waals surface area contributed by atoms with Crippen LogP contribution < -0.4 is 10.6 Å². The van der Waals surface area contributed by atoms with Gasteiger partial charge in [-0.05, 0) is 55.9 Å². The Kier molecular flexibility index (Phi) is 6.96. The van der Waals surface area contributed by atoms with Gasteiger partial charge in [0.2, 0.25) is 0 Å². The largest absolute Gasteiger partial charge is 0.381 e. The third-order valence-corrected chi connectivity index (χ3v) is 4.56. The number of amides is 1. The average molecular weight is 354 g/mol. The molecule has 138 valence electrons. The molecule has 2 N–H and O–H groups in total. The molecule has 2 aromatic heterocycles. The molecule has 1 amide bonds. The van der Waals surface area contributed by atoms with Gasteiger partial charge in [-0.2, -0.15) is 0 Å². The van der Waals surface area contributed by atoms with Crippen molar-refractivity contribution in [2.75, 3.05) is 31.6 Å². The normalized spacial score (nSPS) is 14.8. The van der Waals surface area contributed by atoms with Gasteiger partial charge in [0.05, 0.1) is 5.56 Å². The SMILES string of the molecule is O=C(NCCCc1ccccn1)c1ccc(NCC2CCOCC2)nc1. The van der Waals surface area contributed by atoms with Crippen molar-refractivity contribution in [2.45, 2.75) is 25.7 Å². The summed E-state index contributed by atoms with van der Waals surface area (Å²) in [5, 5.41) is 6.28. The van der Waals surface area contributed by atoms with Crippen molar-refractivity contribution in [3.05, 3.63) is 54.0 Å². The fourth-order valence-electron chi connectivity index (χ4n) is 2.95. The summed E-state index contributed by atoms with van der Waals surface area (Å²) >= 11 is 0. The minimum Gasteiger partial charge on any atom is -0.381 e. The molecule has 0 spiro atoms. The number of nitrogens with zero attached hydrogens (tertiary/aromatic N) is 2. The van der Waals surface area contributed by atoms with E-state index < -0.39 is 0 Å². The van der Waals surface area contributed by atoms with Crippen molar-refractivity contribution in [1.29, 1.82) is 0 Å². The first kappa shape index (κ1) is 18.3. The van der Waals surface area contributed by atoms with Crippen LogP contribution in [0.4, 0.5) is 5.82 Å². The van der Waals surface area contributed by atoms with E-state index in [2.05, 4.69) is 20.6 Å². The Morgan fingerprint density at radius 2 is 2.04 bits per heavy atom. The highest BCUT2D eigenvalue weighted by molar-refractivity contribution is 5.94. The Morgan fingerprint density at radius 3 is 2.77 bits per heavy atom. The molecule has 0 aromatic carbocycles. The number of carbonyl (C=O) groups excluding carboxylic acids is 1. The Labute approximate surface area is 154 Å². The van der Waals surface area contributed by atoms with Crippen LogP contribution >= 0.6 is 0 Å². The molecule has 3 heterocycles. The van der Waals surface area contributed by atoms with Gasteiger partial charge in [-0.25, -0.2) is 4.98 Å². The number of hydrogen-bond acceptors (Lipinski definition) is 5. The first-order valence-electron chi connectivity index (χ1n) is 9.27. The van der Waals surface area contributed by atoms with Crippen LogP contribution in [0.3, 0.4) is 0 Å². The number of rotatable bonds is 8. The van der Waals surface area contributed by atoms with Crippen LogP contribution in [0.2, 0.25) is 0 Å². The van der Waals surface area contributed by atoms with Crippen LogP contribution in [0.15, 0.2) is 42.7 Å². The number of anilines is 1. The number of ether oxygens (including phenoxy) is 1. The minimum absolute atomic E-state index is 0.0884. The van der Waals surface area contributed by atoms with Crippen molar-refractivity contribution in [1.82, 2.24) is 15.3 Å². The zero-order valence-electron chi connectivity index (χ0n) is 15.0. The van der Waals surface area contributed by atoms with Crippen LogP contribution in [0.25, 0.3) is 0 Å². The molecule has 1 aliphatic heterocycles. The molecular formula is C20H26N4O2. The maximum atomic E-state index is 12.2. The summed E-state index contributed by atoms with van der Waals surface area (Å²) < 4.78 is 5.37. The number of aryl methyl sites for hydroxylation is 1. The second-order valence-electron chi connectivity index (χ2n) is 6.55. The van der Waals surface area contributed by atoms with Crippen LogP contribution in [-0.4, -0.2) is 42.2 Å². The third kappa shape index (κ3) is 5.81. The molecule has 0 unspecified atom stereocenters. The van der Waals surface area contributed by atoms with E-state index in [-0.39, 0.29) is 5.91 Å². The zero-order valence-corrected chi connectivity index (χ0v) is 15.0. The van der Waals surface area contributed by atoms with E-state index in [0.717, 1.165) is 57.0 Å². The second-order valence-corrected chi connectivity index (χ2v) is 6.55. The molecule has 6 nitrogen and oxygen atoms in total. The number of nitrogens with one attached hydrogen (secondary N) is 2. The topological polar surface area (TPSA) is 76.1 Å². The number of hydrogen-bond donors (Lipinski definition) is 2. The van der Waals surface area contributed by atoms with E-state index in [0.29, 0.717) is 18.0 Å². The summed E-state index contributed by atoms with van der Waals surface area (Å²) in [5.74, 6) is 1.35. The lowest BCUT2D eigenvalue weighted by molar-refractivity contribution is 0.0699. The predicted molar refractivity (Wildman–Crippen MR) is 101 cm³/mol. The fraction of sp³-hybridized carbons (Fsp3) is 0.450. The number of pyridine rings is 2. The van der Waals surface area contributed by atoms with Crippen LogP contribution in [0.5, 0.6) is 0 Å². The minimum atomic E-state index is -0.0884. The van der Waals surface area contributed by atoms with Gasteiger partial charge in [0.25, 0.3) is 5.91 Å². The molecular weight excluding hydrogens is 328 g/mol.